The number of nitrogens with one attached hydrogen (secondary N) is 1. The minimum Gasteiger partial charge on any atom is -0.490 e. The van der Waals surface area contributed by atoms with E-state index in [4.69, 9.17) is 14.2 Å². The van der Waals surface area contributed by atoms with Crippen LogP contribution < -0.4 is 19.6 Å². The van der Waals surface area contributed by atoms with Gasteiger partial charge in [-0.2, -0.15) is 5.10 Å². The van der Waals surface area contributed by atoms with Crippen LogP contribution in [0.25, 0.3) is 0 Å². The number of hydrogen-bond acceptors (Lipinski definition) is 9. The predicted molar refractivity (Wildman–Crippen MR) is 135 cm³/mol. The number of nitro benzene ring substituents is 2. The SMILES string of the molecule is CCOc1cc(/C=N/NC(=O)COc2ccc(C)cc2C)ccc1Oc1ccc([N+](=O)[O-])cc1[N+](=O)[O-]. The Hall–Kier alpha value is -5.00. The van der Waals surface area contributed by atoms with Crippen molar-refractivity contribution in [2.75, 3.05) is 13.2 Å². The third kappa shape index (κ3) is 7.24. The van der Waals surface area contributed by atoms with Gasteiger partial charge in [0, 0.05) is 6.07 Å². The quantitative estimate of drug-likeness (QED) is 0.219. The fraction of sp³-hybridized carbons (Fsp3) is 0.200. The van der Waals surface area contributed by atoms with Crippen LogP contribution in [0.3, 0.4) is 0 Å². The lowest BCUT2D eigenvalue weighted by Gasteiger charge is -2.12. The van der Waals surface area contributed by atoms with Crippen molar-refractivity contribution in [3.63, 3.8) is 0 Å². The van der Waals surface area contributed by atoms with Crippen molar-refractivity contribution in [1.29, 1.82) is 0 Å². The lowest BCUT2D eigenvalue weighted by atomic mass is 10.1. The second kappa shape index (κ2) is 12.1. The van der Waals surface area contributed by atoms with Gasteiger partial charge in [0.25, 0.3) is 11.6 Å². The van der Waals surface area contributed by atoms with Crippen molar-refractivity contribution in [3.05, 3.63) is 91.5 Å². The minimum atomic E-state index is -0.768. The van der Waals surface area contributed by atoms with Gasteiger partial charge < -0.3 is 14.2 Å². The molecule has 3 aromatic rings. The van der Waals surface area contributed by atoms with Crippen molar-refractivity contribution in [3.8, 4) is 23.0 Å². The number of nitrogens with zero attached hydrogens (tertiary/aromatic N) is 3. The molecule has 0 aromatic heterocycles. The maximum absolute atomic E-state index is 12.1. The first-order chi connectivity index (χ1) is 17.7. The van der Waals surface area contributed by atoms with Gasteiger partial charge in [-0.1, -0.05) is 17.7 Å². The zero-order valence-electron chi connectivity index (χ0n) is 20.3. The molecule has 0 aliphatic heterocycles. The van der Waals surface area contributed by atoms with Gasteiger partial charge in [0.15, 0.2) is 18.1 Å². The number of benzene rings is 3. The molecule has 0 aliphatic rings. The van der Waals surface area contributed by atoms with Crippen LogP contribution in [-0.4, -0.2) is 35.2 Å². The summed E-state index contributed by atoms with van der Waals surface area (Å²) in [6, 6.07) is 13.4. The molecule has 1 amide bonds. The summed E-state index contributed by atoms with van der Waals surface area (Å²) in [4.78, 5) is 32.9. The molecule has 0 atom stereocenters. The first-order valence-corrected chi connectivity index (χ1v) is 11.1. The summed E-state index contributed by atoms with van der Waals surface area (Å²) < 4.78 is 16.8. The summed E-state index contributed by atoms with van der Waals surface area (Å²) in [6.45, 7) is 5.65. The van der Waals surface area contributed by atoms with Gasteiger partial charge in [0.1, 0.15) is 5.75 Å². The molecule has 0 saturated carbocycles. The van der Waals surface area contributed by atoms with E-state index in [-0.39, 0.29) is 30.5 Å². The molecule has 0 aliphatic carbocycles. The van der Waals surface area contributed by atoms with Gasteiger partial charge in [0.2, 0.25) is 5.75 Å². The molecule has 0 saturated heterocycles. The van der Waals surface area contributed by atoms with Crippen LogP contribution in [-0.2, 0) is 4.79 Å². The van der Waals surface area contributed by atoms with Crippen molar-refractivity contribution in [2.24, 2.45) is 5.10 Å². The van der Waals surface area contributed by atoms with Crippen LogP contribution in [0.4, 0.5) is 11.4 Å². The summed E-state index contributed by atoms with van der Waals surface area (Å²) in [5.74, 6) is 0.376. The number of carbonyl (C=O) groups excluding carboxylic acids is 1. The highest BCUT2D eigenvalue weighted by Crippen LogP contribution is 2.38. The van der Waals surface area contributed by atoms with Crippen LogP contribution >= 0.6 is 0 Å². The summed E-state index contributed by atoms with van der Waals surface area (Å²) >= 11 is 0. The monoisotopic (exact) mass is 508 g/mol. The Morgan fingerprint density at radius 3 is 2.32 bits per heavy atom. The standard InChI is InChI=1S/C25H24N4O8/c1-4-35-24-12-18(14-26-27-25(30)15-36-21-8-5-16(2)11-17(21)3)6-9-23(24)37-22-10-7-19(28(31)32)13-20(22)29(33)34/h5-14H,4,15H2,1-3H3,(H,27,30)/b26-14+. The van der Waals surface area contributed by atoms with Crippen molar-refractivity contribution in [1.82, 2.24) is 5.43 Å². The summed E-state index contributed by atoms with van der Waals surface area (Å²) in [5, 5.41) is 26.3. The average Bonchev–Trinajstić information content (AvgIpc) is 2.85. The van der Waals surface area contributed by atoms with E-state index < -0.39 is 27.1 Å². The molecule has 37 heavy (non-hydrogen) atoms. The highest BCUT2D eigenvalue weighted by Gasteiger charge is 2.22. The molecule has 0 spiro atoms. The first kappa shape index (κ1) is 26.6. The number of nitro groups is 2. The van der Waals surface area contributed by atoms with E-state index in [9.17, 15) is 25.0 Å². The number of hydrogen-bond donors (Lipinski definition) is 1. The van der Waals surface area contributed by atoms with Crippen molar-refractivity contribution >= 4 is 23.5 Å². The lowest BCUT2D eigenvalue weighted by Crippen LogP contribution is -2.24. The number of rotatable bonds is 11. The third-order valence-corrected chi connectivity index (χ3v) is 4.93. The number of hydrazone groups is 1. The van der Waals surface area contributed by atoms with Gasteiger partial charge in [-0.15, -0.1) is 0 Å². The summed E-state index contributed by atoms with van der Waals surface area (Å²) in [7, 11) is 0. The van der Waals surface area contributed by atoms with E-state index in [0.29, 0.717) is 11.3 Å². The average molecular weight is 508 g/mol. The van der Waals surface area contributed by atoms with E-state index in [1.54, 1.807) is 25.1 Å². The molecule has 0 bridgehead atoms. The molecular formula is C25H24N4O8. The van der Waals surface area contributed by atoms with Crippen LogP contribution in [0, 0.1) is 34.1 Å². The molecule has 0 heterocycles. The van der Waals surface area contributed by atoms with E-state index >= 15 is 0 Å². The smallest absolute Gasteiger partial charge is 0.318 e. The van der Waals surface area contributed by atoms with E-state index in [0.717, 1.165) is 29.3 Å². The lowest BCUT2D eigenvalue weighted by molar-refractivity contribution is -0.394. The number of ether oxygens (including phenoxy) is 3. The van der Waals surface area contributed by atoms with E-state index in [1.165, 1.54) is 12.3 Å². The van der Waals surface area contributed by atoms with Crippen LogP contribution in [0.5, 0.6) is 23.0 Å². The normalized spacial score (nSPS) is 10.7. The second-order valence-corrected chi connectivity index (χ2v) is 7.76. The second-order valence-electron chi connectivity index (χ2n) is 7.76. The van der Waals surface area contributed by atoms with Gasteiger partial charge in [-0.25, -0.2) is 5.43 Å². The Bertz CT molecular complexity index is 1360. The summed E-state index contributed by atoms with van der Waals surface area (Å²) in [5.41, 5.74) is 3.93. The van der Waals surface area contributed by atoms with Gasteiger partial charge in [-0.3, -0.25) is 25.0 Å². The number of carbonyl (C=O) groups is 1. The third-order valence-electron chi connectivity index (χ3n) is 4.93. The zero-order chi connectivity index (χ0) is 26.9. The fourth-order valence-electron chi connectivity index (χ4n) is 3.24. The Morgan fingerprint density at radius 2 is 1.65 bits per heavy atom. The molecule has 192 valence electrons. The maximum atomic E-state index is 12.1. The Balaban J connectivity index is 1.69. The fourth-order valence-corrected chi connectivity index (χ4v) is 3.24. The minimum absolute atomic E-state index is 0.154. The molecular weight excluding hydrogens is 484 g/mol. The zero-order valence-corrected chi connectivity index (χ0v) is 20.3. The van der Waals surface area contributed by atoms with Crippen molar-refractivity contribution in [2.45, 2.75) is 20.8 Å². The van der Waals surface area contributed by atoms with Crippen LogP contribution in [0.15, 0.2) is 59.7 Å². The Morgan fingerprint density at radius 1 is 0.919 bits per heavy atom. The molecule has 0 radical (unpaired) electrons. The number of aryl methyl sites for hydroxylation is 2. The maximum Gasteiger partial charge on any atom is 0.318 e. The molecule has 3 aromatic carbocycles. The molecule has 12 heteroatoms. The molecule has 0 unspecified atom stereocenters. The van der Waals surface area contributed by atoms with E-state index in [1.807, 2.05) is 26.0 Å². The Kier molecular flexibility index (Phi) is 8.71. The van der Waals surface area contributed by atoms with Gasteiger partial charge in [-0.05, 0) is 62.2 Å². The van der Waals surface area contributed by atoms with Gasteiger partial charge in [0.05, 0.1) is 28.7 Å². The first-order valence-electron chi connectivity index (χ1n) is 11.1. The Labute approximate surface area is 211 Å². The molecule has 12 nitrogen and oxygen atoms in total. The number of non-ortho nitro benzene ring substituents is 1. The highest BCUT2D eigenvalue weighted by molar-refractivity contribution is 5.83. The molecule has 0 fully saturated rings. The van der Waals surface area contributed by atoms with Crippen LogP contribution in [0.2, 0.25) is 0 Å². The predicted octanol–water partition coefficient (Wildman–Crippen LogP) is 4.84. The van der Waals surface area contributed by atoms with E-state index in [2.05, 4.69) is 10.5 Å². The number of amides is 1. The van der Waals surface area contributed by atoms with Crippen LogP contribution in [0.1, 0.15) is 23.6 Å². The summed E-state index contributed by atoms with van der Waals surface area (Å²) in [6.07, 6.45) is 1.38. The largest absolute Gasteiger partial charge is 0.490 e. The van der Waals surface area contributed by atoms with Gasteiger partial charge >= 0.3 is 5.69 Å². The highest BCUT2D eigenvalue weighted by atomic mass is 16.6. The molecule has 3 rings (SSSR count). The topological polar surface area (TPSA) is 155 Å². The van der Waals surface area contributed by atoms with Crippen molar-refractivity contribution < 1.29 is 28.9 Å². The molecule has 1 N–H and O–H groups in total.